The van der Waals surface area contributed by atoms with Gasteiger partial charge in [-0.15, -0.1) is 4.40 Å². The molecule has 1 aliphatic heterocycles. The first-order valence-corrected chi connectivity index (χ1v) is 9.62. The predicted octanol–water partition coefficient (Wildman–Crippen LogP) is 3.29. The number of carbonyl (C=O) groups is 1. The van der Waals surface area contributed by atoms with E-state index in [-0.39, 0.29) is 17.7 Å². The Bertz CT molecular complexity index is 829. The minimum atomic E-state index is -3.64. The van der Waals surface area contributed by atoms with Crippen molar-refractivity contribution in [2.75, 3.05) is 5.32 Å². The van der Waals surface area contributed by atoms with Crippen LogP contribution in [0.4, 0.5) is 5.69 Å². The Balaban J connectivity index is 1.97. The Morgan fingerprint density at radius 3 is 2.28 bits per heavy atom. The Labute approximate surface area is 149 Å². The third-order valence-corrected chi connectivity index (χ3v) is 5.14. The molecule has 0 aliphatic carbocycles. The molecule has 2 rings (SSSR count). The zero-order chi connectivity index (χ0) is 18.8. The molecule has 1 aromatic rings. The van der Waals surface area contributed by atoms with Gasteiger partial charge < -0.3 is 5.32 Å². The van der Waals surface area contributed by atoms with Crippen molar-refractivity contribution < 1.29 is 13.2 Å². The number of anilines is 1. The summed E-state index contributed by atoms with van der Waals surface area (Å²) in [4.78, 5) is 12.2. The molecule has 0 radical (unpaired) electrons. The first-order valence-electron chi connectivity index (χ1n) is 8.18. The highest BCUT2D eigenvalue weighted by Crippen LogP contribution is 2.24. The van der Waals surface area contributed by atoms with E-state index in [1.807, 2.05) is 24.3 Å². The Morgan fingerprint density at radius 1 is 1.16 bits per heavy atom. The van der Waals surface area contributed by atoms with Crippen LogP contribution in [-0.4, -0.2) is 20.0 Å². The van der Waals surface area contributed by atoms with Gasteiger partial charge in [0.05, 0.1) is 5.71 Å². The van der Waals surface area contributed by atoms with Crippen molar-refractivity contribution >= 4 is 27.5 Å². The molecule has 0 saturated carbocycles. The van der Waals surface area contributed by atoms with Gasteiger partial charge in [-0.3, -0.25) is 9.52 Å². The third kappa shape index (κ3) is 5.16. The molecule has 0 aromatic heterocycles. The van der Waals surface area contributed by atoms with E-state index in [1.165, 1.54) is 5.56 Å². The molecule has 0 spiro atoms. The van der Waals surface area contributed by atoms with Crippen molar-refractivity contribution in [3.05, 3.63) is 41.1 Å². The van der Waals surface area contributed by atoms with Crippen LogP contribution in [0.3, 0.4) is 0 Å². The van der Waals surface area contributed by atoms with Crippen molar-refractivity contribution in [1.82, 2.24) is 4.72 Å². The van der Waals surface area contributed by atoms with Crippen LogP contribution in [0, 0.1) is 0 Å². The number of benzene rings is 1. The second-order valence-electron chi connectivity index (χ2n) is 7.23. The van der Waals surface area contributed by atoms with Crippen LogP contribution in [0.2, 0.25) is 0 Å². The van der Waals surface area contributed by atoms with Crippen molar-refractivity contribution in [1.29, 1.82) is 0 Å². The lowest BCUT2D eigenvalue weighted by Crippen LogP contribution is -2.28. The summed E-state index contributed by atoms with van der Waals surface area (Å²) in [6.45, 7) is 9.73. The van der Waals surface area contributed by atoms with Crippen molar-refractivity contribution in [3.8, 4) is 0 Å². The summed E-state index contributed by atoms with van der Waals surface area (Å²) < 4.78 is 29.0. The Kier molecular flexibility index (Phi) is 5.37. The molecule has 0 fully saturated rings. The van der Waals surface area contributed by atoms with Gasteiger partial charge in [-0.25, -0.2) is 0 Å². The third-order valence-electron chi connectivity index (χ3n) is 4.07. The molecule has 6 nitrogen and oxygen atoms in total. The second kappa shape index (κ2) is 7.00. The molecule has 0 unspecified atom stereocenters. The van der Waals surface area contributed by atoms with Gasteiger partial charge in [0.2, 0.25) is 5.91 Å². The van der Waals surface area contributed by atoms with E-state index in [1.54, 1.807) is 13.8 Å². The van der Waals surface area contributed by atoms with E-state index in [0.717, 1.165) is 11.3 Å². The van der Waals surface area contributed by atoms with Crippen molar-refractivity contribution in [2.45, 2.75) is 52.9 Å². The number of nitrogens with zero attached hydrogens (tertiary/aromatic N) is 1. The summed E-state index contributed by atoms with van der Waals surface area (Å²) in [7, 11) is -3.64. The maximum Gasteiger partial charge on any atom is 0.342 e. The minimum absolute atomic E-state index is 0.0672. The normalized spacial score (nSPS) is 16.9. The second-order valence-corrected chi connectivity index (χ2v) is 8.57. The number of rotatable bonds is 4. The van der Waals surface area contributed by atoms with Gasteiger partial charge in [0.25, 0.3) is 0 Å². The monoisotopic (exact) mass is 363 g/mol. The average molecular weight is 363 g/mol. The summed E-state index contributed by atoms with van der Waals surface area (Å²) in [5.74, 6) is -0.120. The summed E-state index contributed by atoms with van der Waals surface area (Å²) in [6.07, 6.45) is 0.678. The SMILES string of the molecule is CC1=NS(=O)(=O)NC(C)=C1CCC(=O)Nc1ccc(C(C)(C)C)cc1. The van der Waals surface area contributed by atoms with Gasteiger partial charge in [-0.05, 0) is 49.0 Å². The minimum Gasteiger partial charge on any atom is -0.326 e. The van der Waals surface area contributed by atoms with Crippen LogP contribution in [0.1, 0.15) is 53.0 Å². The predicted molar refractivity (Wildman–Crippen MR) is 101 cm³/mol. The van der Waals surface area contributed by atoms with Crippen molar-refractivity contribution in [2.24, 2.45) is 4.40 Å². The molecule has 1 aromatic carbocycles. The maximum atomic E-state index is 12.2. The quantitative estimate of drug-likeness (QED) is 0.860. The largest absolute Gasteiger partial charge is 0.342 e. The van der Waals surface area contributed by atoms with Crippen LogP contribution in [0.25, 0.3) is 0 Å². The number of carbonyl (C=O) groups excluding carboxylic acids is 1. The molecule has 0 atom stereocenters. The molecule has 2 N–H and O–H groups in total. The van der Waals surface area contributed by atoms with Crippen LogP contribution in [0.5, 0.6) is 0 Å². The number of hydrogen-bond acceptors (Lipinski definition) is 3. The zero-order valence-corrected chi connectivity index (χ0v) is 16.1. The summed E-state index contributed by atoms with van der Waals surface area (Å²) >= 11 is 0. The van der Waals surface area contributed by atoms with Gasteiger partial charge >= 0.3 is 10.2 Å². The molecule has 7 heteroatoms. The standard InChI is InChI=1S/C18H25N3O3S/c1-12-16(13(2)21-25(23,24)20-12)10-11-17(22)19-15-8-6-14(7-9-15)18(3,4)5/h6-9,20H,10-11H2,1-5H3,(H,19,22). The van der Waals surface area contributed by atoms with E-state index in [9.17, 15) is 13.2 Å². The van der Waals surface area contributed by atoms with Crippen LogP contribution >= 0.6 is 0 Å². The lowest BCUT2D eigenvalue weighted by Gasteiger charge is -2.19. The molecular formula is C18H25N3O3S. The highest BCUT2D eigenvalue weighted by atomic mass is 32.2. The van der Waals surface area contributed by atoms with Gasteiger partial charge in [0.15, 0.2) is 0 Å². The van der Waals surface area contributed by atoms with E-state index in [4.69, 9.17) is 0 Å². The molecule has 0 saturated heterocycles. The number of nitrogens with one attached hydrogen (secondary N) is 2. The molecule has 136 valence electrons. The van der Waals surface area contributed by atoms with Gasteiger partial charge in [-0.1, -0.05) is 32.9 Å². The average Bonchev–Trinajstić information content (AvgIpc) is 2.44. The molecule has 0 bridgehead atoms. The topological polar surface area (TPSA) is 87.6 Å². The number of hydrogen-bond donors (Lipinski definition) is 2. The summed E-state index contributed by atoms with van der Waals surface area (Å²) in [5, 5.41) is 2.87. The van der Waals surface area contributed by atoms with Crippen molar-refractivity contribution in [3.63, 3.8) is 0 Å². The Morgan fingerprint density at radius 2 is 1.76 bits per heavy atom. The fourth-order valence-electron chi connectivity index (χ4n) is 2.67. The lowest BCUT2D eigenvalue weighted by atomic mass is 9.87. The first-order chi connectivity index (χ1) is 11.5. The van der Waals surface area contributed by atoms with Crippen LogP contribution < -0.4 is 10.0 Å². The molecular weight excluding hydrogens is 338 g/mol. The maximum absolute atomic E-state index is 12.2. The lowest BCUT2D eigenvalue weighted by molar-refractivity contribution is -0.116. The zero-order valence-electron chi connectivity index (χ0n) is 15.3. The molecule has 1 aliphatic rings. The molecule has 25 heavy (non-hydrogen) atoms. The van der Waals surface area contributed by atoms with E-state index < -0.39 is 10.2 Å². The Hall–Kier alpha value is -2.15. The highest BCUT2D eigenvalue weighted by molar-refractivity contribution is 7.88. The van der Waals surface area contributed by atoms with Gasteiger partial charge in [0, 0.05) is 17.8 Å². The van der Waals surface area contributed by atoms with Gasteiger partial charge in [-0.2, -0.15) is 8.42 Å². The smallest absolute Gasteiger partial charge is 0.326 e. The van der Waals surface area contributed by atoms with E-state index in [0.29, 0.717) is 17.8 Å². The van der Waals surface area contributed by atoms with Crippen LogP contribution in [-0.2, 0) is 20.4 Å². The molecule has 1 amide bonds. The van der Waals surface area contributed by atoms with Gasteiger partial charge in [0.1, 0.15) is 0 Å². The number of allylic oxidation sites excluding steroid dienone is 2. The fourth-order valence-corrected chi connectivity index (χ4v) is 3.70. The number of amides is 1. The fraction of sp³-hybridized carbons (Fsp3) is 0.444. The highest BCUT2D eigenvalue weighted by Gasteiger charge is 2.20. The van der Waals surface area contributed by atoms with E-state index in [2.05, 4.69) is 35.2 Å². The van der Waals surface area contributed by atoms with Crippen LogP contribution in [0.15, 0.2) is 39.9 Å². The summed E-state index contributed by atoms with van der Waals surface area (Å²) in [6, 6.07) is 7.80. The summed E-state index contributed by atoms with van der Waals surface area (Å²) in [5.41, 5.74) is 3.73. The van der Waals surface area contributed by atoms with E-state index >= 15 is 0 Å². The first kappa shape index (κ1) is 19.2. The molecule has 1 heterocycles.